The summed E-state index contributed by atoms with van der Waals surface area (Å²) in [5.41, 5.74) is 8.39. The molecule has 162 valence electrons. The van der Waals surface area contributed by atoms with Crippen molar-refractivity contribution in [3.63, 3.8) is 0 Å². The third-order valence-electron chi connectivity index (χ3n) is 6.17. The summed E-state index contributed by atoms with van der Waals surface area (Å²) < 4.78 is 0. The average molecular weight is 406 g/mol. The van der Waals surface area contributed by atoms with E-state index in [-0.39, 0.29) is 0 Å². The molecule has 1 aliphatic heterocycles. The van der Waals surface area contributed by atoms with E-state index >= 15 is 0 Å². The summed E-state index contributed by atoms with van der Waals surface area (Å²) in [5, 5.41) is 0. The number of aromatic nitrogens is 2. The molecule has 0 saturated carbocycles. The second-order valence-corrected chi connectivity index (χ2v) is 8.55. The number of nitrogens with one attached hydrogen (secondary N) is 2. The lowest BCUT2D eigenvalue weighted by atomic mass is 10.0. The van der Waals surface area contributed by atoms with Gasteiger partial charge in [-0.1, -0.05) is 65.2 Å². The minimum atomic E-state index is 0.996. The summed E-state index contributed by atoms with van der Waals surface area (Å²) in [6.07, 6.45) is 18.7. The van der Waals surface area contributed by atoms with Gasteiger partial charge >= 0.3 is 0 Å². The number of aliphatic imine (C=N–C) groups is 1. The van der Waals surface area contributed by atoms with E-state index in [0.717, 1.165) is 35.6 Å². The third-order valence-corrected chi connectivity index (χ3v) is 6.17. The Hall–Kier alpha value is -2.29. The molecule has 3 rings (SSSR count). The minimum Gasteiger partial charge on any atom is -0.360 e. The summed E-state index contributed by atoms with van der Waals surface area (Å²) in [5.74, 6) is 0. The molecule has 0 fully saturated rings. The van der Waals surface area contributed by atoms with Crippen LogP contribution in [0.4, 0.5) is 0 Å². The SMILES string of the molecule is CCCCCCCCCCCc1ccc(/C=C2\N=C(c3ccc[nH]3)C(CC)=C2C)[nH]1. The van der Waals surface area contributed by atoms with E-state index in [4.69, 9.17) is 4.99 Å². The van der Waals surface area contributed by atoms with E-state index in [9.17, 15) is 0 Å². The van der Waals surface area contributed by atoms with E-state index in [1.165, 1.54) is 74.6 Å². The van der Waals surface area contributed by atoms with Crippen LogP contribution < -0.4 is 0 Å². The largest absolute Gasteiger partial charge is 0.360 e. The number of unbranched alkanes of at least 4 members (excludes halogenated alkanes) is 8. The van der Waals surface area contributed by atoms with E-state index in [1.54, 1.807) is 0 Å². The summed E-state index contributed by atoms with van der Waals surface area (Å²) >= 11 is 0. The van der Waals surface area contributed by atoms with Gasteiger partial charge < -0.3 is 9.97 Å². The number of aromatic amines is 2. The van der Waals surface area contributed by atoms with Crippen LogP contribution in [0.2, 0.25) is 0 Å². The van der Waals surface area contributed by atoms with Crippen LogP contribution in [0.15, 0.2) is 52.3 Å². The quantitative estimate of drug-likeness (QED) is 0.317. The maximum atomic E-state index is 4.94. The van der Waals surface area contributed by atoms with Gasteiger partial charge in [0.15, 0.2) is 0 Å². The molecule has 0 radical (unpaired) electrons. The van der Waals surface area contributed by atoms with Crippen LogP contribution in [0.25, 0.3) is 6.08 Å². The second kappa shape index (κ2) is 11.8. The van der Waals surface area contributed by atoms with E-state index < -0.39 is 0 Å². The van der Waals surface area contributed by atoms with Crippen LogP contribution in [0.1, 0.15) is 102 Å². The van der Waals surface area contributed by atoms with E-state index in [2.05, 4.69) is 55.0 Å². The van der Waals surface area contributed by atoms with Crippen molar-refractivity contribution in [1.29, 1.82) is 0 Å². The lowest BCUT2D eigenvalue weighted by molar-refractivity contribution is 0.564. The van der Waals surface area contributed by atoms with Crippen LogP contribution >= 0.6 is 0 Å². The van der Waals surface area contributed by atoms with Crippen LogP contribution in [0, 0.1) is 0 Å². The smallest absolute Gasteiger partial charge is 0.0906 e. The van der Waals surface area contributed by atoms with Gasteiger partial charge in [0.2, 0.25) is 0 Å². The Labute approximate surface area is 182 Å². The molecule has 0 aliphatic carbocycles. The van der Waals surface area contributed by atoms with Gasteiger partial charge in [-0.3, -0.25) is 0 Å². The number of hydrogen-bond acceptors (Lipinski definition) is 1. The number of aryl methyl sites for hydroxylation is 1. The molecule has 0 bridgehead atoms. The first-order valence-corrected chi connectivity index (χ1v) is 12.1. The van der Waals surface area contributed by atoms with Crippen molar-refractivity contribution in [3.05, 3.63) is 64.4 Å². The van der Waals surface area contributed by atoms with Gasteiger partial charge in [0.1, 0.15) is 0 Å². The van der Waals surface area contributed by atoms with Gasteiger partial charge in [-0.2, -0.15) is 0 Å². The summed E-state index contributed by atoms with van der Waals surface area (Å²) in [6, 6.07) is 8.56. The second-order valence-electron chi connectivity index (χ2n) is 8.55. The molecular weight excluding hydrogens is 366 g/mol. The van der Waals surface area contributed by atoms with E-state index in [1.807, 2.05) is 12.3 Å². The highest BCUT2D eigenvalue weighted by atomic mass is 14.8. The molecule has 1 aliphatic rings. The molecular formula is C27H39N3. The molecule has 2 aromatic heterocycles. The Bertz CT molecular complexity index is 862. The Morgan fingerprint density at radius 1 is 0.900 bits per heavy atom. The zero-order chi connectivity index (χ0) is 21.2. The highest BCUT2D eigenvalue weighted by Gasteiger charge is 2.21. The molecule has 3 heterocycles. The first kappa shape index (κ1) is 22.4. The number of allylic oxidation sites excluding steroid dienone is 2. The van der Waals surface area contributed by atoms with Gasteiger partial charge in [0, 0.05) is 17.6 Å². The zero-order valence-corrected chi connectivity index (χ0v) is 19.2. The summed E-state index contributed by atoms with van der Waals surface area (Å²) in [7, 11) is 0. The number of hydrogen-bond donors (Lipinski definition) is 2. The molecule has 0 aromatic carbocycles. The van der Waals surface area contributed by atoms with Crippen molar-refractivity contribution in [2.75, 3.05) is 0 Å². The number of rotatable bonds is 13. The predicted molar refractivity (Wildman–Crippen MR) is 130 cm³/mol. The highest BCUT2D eigenvalue weighted by molar-refractivity contribution is 6.15. The Morgan fingerprint density at radius 3 is 2.30 bits per heavy atom. The zero-order valence-electron chi connectivity index (χ0n) is 19.2. The lowest BCUT2D eigenvalue weighted by Gasteiger charge is -2.02. The highest BCUT2D eigenvalue weighted by Crippen LogP contribution is 2.31. The van der Waals surface area contributed by atoms with Crippen molar-refractivity contribution in [1.82, 2.24) is 9.97 Å². The number of H-pyrrole nitrogens is 2. The molecule has 2 aromatic rings. The first-order chi connectivity index (χ1) is 14.7. The summed E-state index contributed by atoms with van der Waals surface area (Å²) in [4.78, 5) is 11.8. The summed E-state index contributed by atoms with van der Waals surface area (Å²) in [6.45, 7) is 6.68. The van der Waals surface area contributed by atoms with Gasteiger partial charge in [-0.05, 0) is 67.7 Å². The molecule has 3 heteroatoms. The van der Waals surface area contributed by atoms with Gasteiger partial charge in [0.25, 0.3) is 0 Å². The first-order valence-electron chi connectivity index (χ1n) is 12.1. The molecule has 0 saturated heterocycles. The van der Waals surface area contributed by atoms with Crippen molar-refractivity contribution in [2.45, 2.75) is 91.4 Å². The number of nitrogens with zero attached hydrogens (tertiary/aromatic N) is 1. The maximum absolute atomic E-state index is 4.94. The average Bonchev–Trinajstić information content (AvgIpc) is 3.48. The van der Waals surface area contributed by atoms with Gasteiger partial charge in [-0.25, -0.2) is 4.99 Å². The fraction of sp³-hybridized carbons (Fsp3) is 0.519. The minimum absolute atomic E-state index is 0.996. The van der Waals surface area contributed by atoms with Crippen molar-refractivity contribution >= 4 is 11.8 Å². The third kappa shape index (κ3) is 6.10. The predicted octanol–water partition coefficient (Wildman–Crippen LogP) is 7.99. The molecule has 0 amide bonds. The van der Waals surface area contributed by atoms with Crippen LogP contribution in [0.3, 0.4) is 0 Å². The topological polar surface area (TPSA) is 43.9 Å². The molecule has 30 heavy (non-hydrogen) atoms. The Balaban J connectivity index is 1.49. The normalized spacial score (nSPS) is 15.4. The van der Waals surface area contributed by atoms with Crippen molar-refractivity contribution in [2.24, 2.45) is 4.99 Å². The van der Waals surface area contributed by atoms with E-state index in [0.29, 0.717) is 0 Å². The Kier molecular flexibility index (Phi) is 8.80. The Morgan fingerprint density at radius 2 is 1.63 bits per heavy atom. The molecule has 0 unspecified atom stereocenters. The van der Waals surface area contributed by atoms with Crippen molar-refractivity contribution in [3.8, 4) is 0 Å². The van der Waals surface area contributed by atoms with Gasteiger partial charge in [-0.15, -0.1) is 0 Å². The fourth-order valence-electron chi connectivity index (χ4n) is 4.34. The fourth-order valence-corrected chi connectivity index (χ4v) is 4.34. The van der Waals surface area contributed by atoms with Gasteiger partial charge in [0.05, 0.1) is 17.1 Å². The molecule has 3 nitrogen and oxygen atoms in total. The molecule has 0 spiro atoms. The lowest BCUT2D eigenvalue weighted by Crippen LogP contribution is -2.02. The monoisotopic (exact) mass is 405 g/mol. The van der Waals surface area contributed by atoms with Crippen molar-refractivity contribution < 1.29 is 0 Å². The standard InChI is InChI=1S/C27H39N3/c1-4-6-7-8-9-10-11-12-13-15-22-17-18-23(29-22)20-26-21(3)24(5-2)27(30-26)25-16-14-19-28-25/h14,16-20,28-29H,4-13,15H2,1-3H3/b26-20-. The maximum Gasteiger partial charge on any atom is 0.0906 e. The molecule has 2 N–H and O–H groups in total. The van der Waals surface area contributed by atoms with Crippen LogP contribution in [0.5, 0.6) is 0 Å². The van der Waals surface area contributed by atoms with Crippen LogP contribution in [-0.2, 0) is 6.42 Å². The molecule has 0 atom stereocenters. The van der Waals surface area contributed by atoms with Crippen LogP contribution in [-0.4, -0.2) is 15.7 Å².